The van der Waals surface area contributed by atoms with E-state index in [9.17, 15) is 4.79 Å². The van der Waals surface area contributed by atoms with E-state index < -0.39 is 5.97 Å². The Morgan fingerprint density at radius 3 is 2.83 bits per heavy atom. The summed E-state index contributed by atoms with van der Waals surface area (Å²) in [6.45, 7) is 1.25. The summed E-state index contributed by atoms with van der Waals surface area (Å²) in [4.78, 5) is 14.2. The molecular weight excluding hydrogens is 158 g/mol. The molecule has 1 N–H and O–H groups in total. The molecule has 0 saturated heterocycles. The molecule has 0 aliphatic carbocycles. The summed E-state index contributed by atoms with van der Waals surface area (Å²) in [5.74, 6) is -0.154. The van der Waals surface area contributed by atoms with E-state index in [0.29, 0.717) is 5.56 Å². The molecule has 12 heavy (non-hydrogen) atoms. The van der Waals surface area contributed by atoms with Crippen LogP contribution in [-0.4, -0.2) is 16.1 Å². The first kappa shape index (κ1) is 8.67. The topological polar surface area (TPSA) is 59.4 Å². The van der Waals surface area contributed by atoms with Gasteiger partial charge in [-0.25, -0.2) is 4.98 Å². The van der Waals surface area contributed by atoms with Crippen LogP contribution in [0.2, 0.25) is 0 Å². The van der Waals surface area contributed by atoms with Crippen LogP contribution in [0.1, 0.15) is 12.5 Å². The smallest absolute Gasteiger partial charge is 0.309 e. The van der Waals surface area contributed by atoms with Gasteiger partial charge < -0.3 is 9.84 Å². The highest BCUT2D eigenvalue weighted by molar-refractivity contribution is 5.68. The SMILES string of the molecule is CC(=O)Oc1ccc(CO)cn1. The minimum atomic E-state index is -0.403. The first-order valence-electron chi connectivity index (χ1n) is 3.46. The van der Waals surface area contributed by atoms with Gasteiger partial charge in [0.2, 0.25) is 5.88 Å². The molecule has 0 aromatic carbocycles. The van der Waals surface area contributed by atoms with Gasteiger partial charge in [0.05, 0.1) is 6.61 Å². The number of carbonyl (C=O) groups excluding carboxylic acids is 1. The molecule has 1 heterocycles. The maximum absolute atomic E-state index is 10.5. The van der Waals surface area contributed by atoms with Crippen molar-refractivity contribution in [2.24, 2.45) is 0 Å². The highest BCUT2D eigenvalue weighted by atomic mass is 16.5. The largest absolute Gasteiger partial charge is 0.408 e. The monoisotopic (exact) mass is 167 g/mol. The summed E-state index contributed by atoms with van der Waals surface area (Å²) >= 11 is 0. The van der Waals surface area contributed by atoms with Gasteiger partial charge >= 0.3 is 5.97 Å². The zero-order valence-electron chi connectivity index (χ0n) is 6.65. The zero-order chi connectivity index (χ0) is 8.97. The molecule has 0 spiro atoms. The van der Waals surface area contributed by atoms with Crippen molar-refractivity contribution >= 4 is 5.97 Å². The van der Waals surface area contributed by atoms with Gasteiger partial charge in [-0.15, -0.1) is 0 Å². The quantitative estimate of drug-likeness (QED) is 0.651. The third-order valence-electron chi connectivity index (χ3n) is 1.23. The standard InChI is InChI=1S/C8H9NO3/c1-6(11)12-8-3-2-7(5-10)4-9-8/h2-4,10H,5H2,1H3. The number of aromatic nitrogens is 1. The molecule has 1 aromatic heterocycles. The average molecular weight is 167 g/mol. The Bertz CT molecular complexity index is 268. The predicted molar refractivity (Wildman–Crippen MR) is 41.5 cm³/mol. The number of hydrogen-bond donors (Lipinski definition) is 1. The molecular formula is C8H9NO3. The Hall–Kier alpha value is -1.42. The van der Waals surface area contributed by atoms with Crippen LogP contribution in [0.4, 0.5) is 0 Å². The molecule has 64 valence electrons. The second kappa shape index (κ2) is 3.82. The molecule has 4 nitrogen and oxygen atoms in total. The molecule has 0 bridgehead atoms. The van der Waals surface area contributed by atoms with E-state index in [1.807, 2.05) is 0 Å². The van der Waals surface area contributed by atoms with Crippen LogP contribution in [-0.2, 0) is 11.4 Å². The molecule has 1 aromatic rings. The van der Waals surface area contributed by atoms with Gasteiger partial charge in [-0.1, -0.05) is 0 Å². The van der Waals surface area contributed by atoms with Gasteiger partial charge in [-0.3, -0.25) is 4.79 Å². The van der Waals surface area contributed by atoms with E-state index in [-0.39, 0.29) is 12.5 Å². The van der Waals surface area contributed by atoms with Crippen molar-refractivity contribution in [3.05, 3.63) is 23.9 Å². The number of ether oxygens (including phenoxy) is 1. The molecule has 1 rings (SSSR count). The van der Waals surface area contributed by atoms with Crippen molar-refractivity contribution in [1.82, 2.24) is 4.98 Å². The van der Waals surface area contributed by atoms with Crippen molar-refractivity contribution in [2.45, 2.75) is 13.5 Å². The number of aliphatic hydroxyl groups excluding tert-OH is 1. The fraction of sp³-hybridized carbons (Fsp3) is 0.250. The number of carbonyl (C=O) groups is 1. The van der Waals surface area contributed by atoms with E-state index in [1.54, 1.807) is 6.07 Å². The Morgan fingerprint density at radius 2 is 2.42 bits per heavy atom. The lowest BCUT2D eigenvalue weighted by Gasteiger charge is -1.99. The number of hydrogen-bond acceptors (Lipinski definition) is 4. The first-order valence-corrected chi connectivity index (χ1v) is 3.46. The Labute approximate surface area is 69.8 Å². The summed E-state index contributed by atoms with van der Waals surface area (Å²) in [5.41, 5.74) is 0.686. The van der Waals surface area contributed by atoms with Crippen molar-refractivity contribution in [3.63, 3.8) is 0 Å². The highest BCUT2D eigenvalue weighted by Gasteiger charge is 1.98. The van der Waals surface area contributed by atoms with Crippen molar-refractivity contribution in [1.29, 1.82) is 0 Å². The van der Waals surface area contributed by atoms with Crippen LogP contribution < -0.4 is 4.74 Å². The maximum atomic E-state index is 10.5. The lowest BCUT2D eigenvalue weighted by Crippen LogP contribution is -2.02. The fourth-order valence-corrected chi connectivity index (χ4v) is 0.712. The predicted octanol–water partition coefficient (Wildman–Crippen LogP) is 0.499. The Morgan fingerprint density at radius 1 is 1.67 bits per heavy atom. The van der Waals surface area contributed by atoms with Crippen molar-refractivity contribution in [2.75, 3.05) is 0 Å². The fourth-order valence-electron chi connectivity index (χ4n) is 0.712. The molecule has 0 aliphatic heterocycles. The molecule has 4 heteroatoms. The average Bonchev–Trinajstić information content (AvgIpc) is 2.05. The molecule has 0 aliphatic rings. The zero-order valence-corrected chi connectivity index (χ0v) is 6.65. The van der Waals surface area contributed by atoms with E-state index in [1.165, 1.54) is 19.2 Å². The van der Waals surface area contributed by atoms with Crippen LogP contribution in [0.15, 0.2) is 18.3 Å². The number of aliphatic hydroxyl groups is 1. The van der Waals surface area contributed by atoms with Crippen LogP contribution in [0, 0.1) is 0 Å². The molecule has 0 atom stereocenters. The number of rotatable bonds is 2. The lowest BCUT2D eigenvalue weighted by atomic mass is 10.3. The summed E-state index contributed by atoms with van der Waals surface area (Å²) < 4.78 is 4.68. The van der Waals surface area contributed by atoms with Gasteiger partial charge in [0.15, 0.2) is 0 Å². The van der Waals surface area contributed by atoms with Crippen molar-refractivity contribution in [3.8, 4) is 5.88 Å². The number of nitrogens with zero attached hydrogens (tertiary/aromatic N) is 1. The lowest BCUT2D eigenvalue weighted by molar-refractivity contribution is -0.132. The minimum absolute atomic E-state index is 0.0622. The van der Waals surface area contributed by atoms with Crippen LogP contribution in [0.5, 0.6) is 5.88 Å². The van der Waals surface area contributed by atoms with Crippen LogP contribution in [0.3, 0.4) is 0 Å². The normalized spacial score (nSPS) is 9.50. The summed E-state index contributed by atoms with van der Waals surface area (Å²) in [6, 6.07) is 3.18. The summed E-state index contributed by atoms with van der Waals surface area (Å²) in [6.07, 6.45) is 1.46. The van der Waals surface area contributed by atoms with Crippen molar-refractivity contribution < 1.29 is 14.6 Å². The van der Waals surface area contributed by atoms with E-state index >= 15 is 0 Å². The van der Waals surface area contributed by atoms with E-state index in [2.05, 4.69) is 9.72 Å². The summed E-state index contributed by atoms with van der Waals surface area (Å²) in [5, 5.41) is 8.66. The number of pyridine rings is 1. The molecule has 0 unspecified atom stereocenters. The number of esters is 1. The van der Waals surface area contributed by atoms with Gasteiger partial charge in [-0.05, 0) is 11.6 Å². The molecule has 0 fully saturated rings. The maximum Gasteiger partial charge on any atom is 0.309 e. The second-order valence-electron chi connectivity index (χ2n) is 2.26. The Balaban J connectivity index is 2.71. The summed E-state index contributed by atoms with van der Waals surface area (Å²) in [7, 11) is 0. The van der Waals surface area contributed by atoms with Gasteiger partial charge in [0.1, 0.15) is 0 Å². The van der Waals surface area contributed by atoms with Crippen LogP contribution in [0.25, 0.3) is 0 Å². The Kier molecular flexibility index (Phi) is 2.76. The first-order chi connectivity index (χ1) is 5.72. The third kappa shape index (κ3) is 2.32. The van der Waals surface area contributed by atoms with Gasteiger partial charge in [0, 0.05) is 19.2 Å². The molecule has 0 saturated carbocycles. The second-order valence-corrected chi connectivity index (χ2v) is 2.26. The van der Waals surface area contributed by atoms with E-state index in [0.717, 1.165) is 0 Å². The minimum Gasteiger partial charge on any atom is -0.408 e. The molecule has 0 amide bonds. The molecule has 0 radical (unpaired) electrons. The highest BCUT2D eigenvalue weighted by Crippen LogP contribution is 2.07. The van der Waals surface area contributed by atoms with Gasteiger partial charge in [0.25, 0.3) is 0 Å². The van der Waals surface area contributed by atoms with Gasteiger partial charge in [-0.2, -0.15) is 0 Å². The van der Waals surface area contributed by atoms with Crippen LogP contribution >= 0.6 is 0 Å². The van der Waals surface area contributed by atoms with E-state index in [4.69, 9.17) is 5.11 Å². The third-order valence-corrected chi connectivity index (χ3v) is 1.23.